The number of carbonyl (C=O) groups is 1. The van der Waals surface area contributed by atoms with E-state index in [-0.39, 0.29) is 29.9 Å². The number of guanidine groups is 1. The Morgan fingerprint density at radius 2 is 1.89 bits per heavy atom. The molecule has 0 spiro atoms. The monoisotopic (exact) mass is 492 g/mol. The molecule has 0 saturated heterocycles. The summed E-state index contributed by atoms with van der Waals surface area (Å²) in [7, 11) is 6.88. The van der Waals surface area contributed by atoms with Gasteiger partial charge in [0.05, 0.1) is 13.7 Å². The van der Waals surface area contributed by atoms with E-state index in [1.54, 1.807) is 33.2 Å². The number of hydrogen-bond donors (Lipinski definition) is 2. The molecule has 0 aliphatic carbocycles. The van der Waals surface area contributed by atoms with E-state index in [1.807, 2.05) is 19.1 Å². The number of aryl methyl sites for hydroxylation is 1. The van der Waals surface area contributed by atoms with E-state index in [9.17, 15) is 4.79 Å². The van der Waals surface area contributed by atoms with Gasteiger partial charge in [-0.25, -0.2) is 0 Å². The first-order valence-electron chi connectivity index (χ1n) is 8.96. The third kappa shape index (κ3) is 9.69. The Morgan fingerprint density at radius 1 is 1.19 bits per heavy atom. The van der Waals surface area contributed by atoms with Gasteiger partial charge < -0.3 is 25.0 Å². The maximum Gasteiger partial charge on any atom is 0.223 e. The molecule has 0 heterocycles. The van der Waals surface area contributed by atoms with Crippen molar-refractivity contribution in [2.24, 2.45) is 4.99 Å². The number of amides is 1. The lowest BCUT2D eigenvalue weighted by Crippen LogP contribution is -2.39. The zero-order valence-electron chi connectivity index (χ0n) is 17.0. The molecule has 0 aliphatic rings. The van der Waals surface area contributed by atoms with Crippen molar-refractivity contribution in [1.29, 1.82) is 0 Å². The second-order valence-corrected chi connectivity index (χ2v) is 5.99. The molecular formula is C19H33IN4O3. The molecule has 0 saturated carbocycles. The molecule has 0 unspecified atom stereocenters. The summed E-state index contributed by atoms with van der Waals surface area (Å²) in [4.78, 5) is 17.3. The molecule has 0 aliphatic heterocycles. The maximum atomic E-state index is 11.6. The minimum Gasteiger partial charge on any atom is -0.493 e. The van der Waals surface area contributed by atoms with Crippen molar-refractivity contribution < 1.29 is 14.3 Å². The molecule has 1 amide bonds. The zero-order valence-corrected chi connectivity index (χ0v) is 19.3. The fourth-order valence-corrected chi connectivity index (χ4v) is 2.38. The Labute approximate surface area is 179 Å². The molecule has 8 heteroatoms. The first-order chi connectivity index (χ1) is 12.5. The van der Waals surface area contributed by atoms with Crippen LogP contribution in [0.25, 0.3) is 0 Å². The third-order valence-electron chi connectivity index (χ3n) is 3.82. The van der Waals surface area contributed by atoms with Crippen LogP contribution in [0.2, 0.25) is 0 Å². The lowest BCUT2D eigenvalue weighted by molar-refractivity contribution is -0.128. The summed E-state index contributed by atoms with van der Waals surface area (Å²) >= 11 is 0. The van der Waals surface area contributed by atoms with E-state index in [4.69, 9.17) is 9.47 Å². The van der Waals surface area contributed by atoms with Crippen LogP contribution < -0.4 is 20.1 Å². The van der Waals surface area contributed by atoms with Crippen LogP contribution in [-0.4, -0.2) is 64.7 Å². The van der Waals surface area contributed by atoms with Gasteiger partial charge in [0.25, 0.3) is 0 Å². The summed E-state index contributed by atoms with van der Waals surface area (Å²) in [5, 5.41) is 6.41. The lowest BCUT2D eigenvalue weighted by Gasteiger charge is -2.14. The molecule has 7 nitrogen and oxygen atoms in total. The Kier molecular flexibility index (Phi) is 13.5. The number of benzene rings is 1. The molecule has 0 fully saturated rings. The summed E-state index contributed by atoms with van der Waals surface area (Å²) in [6, 6.07) is 6.03. The average Bonchev–Trinajstić information content (AvgIpc) is 2.63. The minimum atomic E-state index is 0. The molecule has 1 aromatic carbocycles. The highest BCUT2D eigenvalue weighted by Crippen LogP contribution is 2.28. The highest BCUT2D eigenvalue weighted by atomic mass is 127. The third-order valence-corrected chi connectivity index (χ3v) is 3.82. The summed E-state index contributed by atoms with van der Waals surface area (Å²) in [5.74, 6) is 2.34. The van der Waals surface area contributed by atoms with Gasteiger partial charge in [-0.3, -0.25) is 9.79 Å². The van der Waals surface area contributed by atoms with Crippen LogP contribution in [0.4, 0.5) is 0 Å². The normalized spacial score (nSPS) is 10.6. The van der Waals surface area contributed by atoms with E-state index in [0.29, 0.717) is 25.5 Å². The predicted molar refractivity (Wildman–Crippen MR) is 121 cm³/mol. The Morgan fingerprint density at radius 3 is 2.48 bits per heavy atom. The Bertz CT molecular complexity index is 594. The first-order valence-corrected chi connectivity index (χ1v) is 8.96. The second-order valence-electron chi connectivity index (χ2n) is 5.99. The van der Waals surface area contributed by atoms with Gasteiger partial charge in [0.2, 0.25) is 5.91 Å². The van der Waals surface area contributed by atoms with E-state index in [0.717, 1.165) is 30.9 Å². The van der Waals surface area contributed by atoms with Crippen LogP contribution in [-0.2, 0) is 11.2 Å². The SMILES string of the molecule is CCOc1cc(CCCNC(=NC)NCCC(=O)N(C)C)ccc1OC.I. The molecule has 2 N–H and O–H groups in total. The van der Waals surface area contributed by atoms with Gasteiger partial charge in [-0.15, -0.1) is 24.0 Å². The largest absolute Gasteiger partial charge is 0.493 e. The number of halogens is 1. The van der Waals surface area contributed by atoms with E-state index < -0.39 is 0 Å². The number of methoxy groups -OCH3 is 1. The summed E-state index contributed by atoms with van der Waals surface area (Å²) in [5.41, 5.74) is 1.20. The van der Waals surface area contributed by atoms with Crippen molar-refractivity contribution in [1.82, 2.24) is 15.5 Å². The molecule has 0 bridgehead atoms. The van der Waals surface area contributed by atoms with Crippen molar-refractivity contribution in [2.45, 2.75) is 26.2 Å². The highest BCUT2D eigenvalue weighted by molar-refractivity contribution is 14.0. The van der Waals surface area contributed by atoms with Crippen LogP contribution in [0.15, 0.2) is 23.2 Å². The number of aliphatic imine (C=N–C) groups is 1. The van der Waals surface area contributed by atoms with Gasteiger partial charge >= 0.3 is 0 Å². The standard InChI is InChI=1S/C19H32N4O3.HI/c1-6-26-17-14-15(9-10-16(17)25-5)8-7-12-21-19(20-2)22-13-11-18(24)23(3)4;/h9-10,14H,6-8,11-13H2,1-5H3,(H2,20,21,22);1H. The molecular weight excluding hydrogens is 459 g/mol. The van der Waals surface area contributed by atoms with Crippen molar-refractivity contribution in [3.8, 4) is 11.5 Å². The van der Waals surface area contributed by atoms with Crippen molar-refractivity contribution >= 4 is 35.8 Å². The van der Waals surface area contributed by atoms with Crippen molar-refractivity contribution in [3.63, 3.8) is 0 Å². The van der Waals surface area contributed by atoms with E-state index >= 15 is 0 Å². The predicted octanol–water partition coefficient (Wildman–Crippen LogP) is 2.29. The molecule has 154 valence electrons. The summed E-state index contributed by atoms with van der Waals surface area (Å²) < 4.78 is 10.9. The highest BCUT2D eigenvalue weighted by Gasteiger charge is 2.06. The molecule has 1 rings (SSSR count). The molecule has 0 atom stereocenters. The number of ether oxygens (including phenoxy) is 2. The van der Waals surface area contributed by atoms with Gasteiger partial charge in [-0.1, -0.05) is 6.07 Å². The topological polar surface area (TPSA) is 75.2 Å². The molecule has 1 aromatic rings. The van der Waals surface area contributed by atoms with Gasteiger partial charge in [0.1, 0.15) is 0 Å². The summed E-state index contributed by atoms with van der Waals surface area (Å²) in [6.07, 6.45) is 2.32. The smallest absolute Gasteiger partial charge is 0.223 e. The molecule has 0 aromatic heterocycles. The van der Waals surface area contributed by atoms with Gasteiger partial charge in [-0.05, 0) is 37.5 Å². The van der Waals surface area contributed by atoms with Gasteiger partial charge in [-0.2, -0.15) is 0 Å². The molecule has 27 heavy (non-hydrogen) atoms. The Hall–Kier alpha value is -1.71. The van der Waals surface area contributed by atoms with Crippen LogP contribution in [0.5, 0.6) is 11.5 Å². The van der Waals surface area contributed by atoms with Crippen molar-refractivity contribution in [3.05, 3.63) is 23.8 Å². The quantitative estimate of drug-likeness (QED) is 0.227. The lowest BCUT2D eigenvalue weighted by atomic mass is 10.1. The van der Waals surface area contributed by atoms with Gasteiger partial charge in [0.15, 0.2) is 17.5 Å². The fourth-order valence-electron chi connectivity index (χ4n) is 2.38. The van der Waals surface area contributed by atoms with Crippen LogP contribution in [0.1, 0.15) is 25.3 Å². The van der Waals surface area contributed by atoms with Crippen molar-refractivity contribution in [2.75, 3.05) is 47.9 Å². The van der Waals surface area contributed by atoms with Crippen LogP contribution >= 0.6 is 24.0 Å². The van der Waals surface area contributed by atoms with E-state index in [2.05, 4.69) is 21.7 Å². The van der Waals surface area contributed by atoms with Gasteiger partial charge in [0, 0.05) is 40.7 Å². The number of rotatable bonds is 10. The number of hydrogen-bond acceptors (Lipinski definition) is 4. The summed E-state index contributed by atoms with van der Waals surface area (Å²) in [6.45, 7) is 3.92. The Balaban J connectivity index is 0.00000676. The first kappa shape index (κ1) is 25.3. The minimum absolute atomic E-state index is 0. The second kappa shape index (κ2) is 14.4. The zero-order chi connectivity index (χ0) is 19.4. The van der Waals surface area contributed by atoms with Crippen LogP contribution in [0, 0.1) is 0 Å². The van der Waals surface area contributed by atoms with Crippen LogP contribution in [0.3, 0.4) is 0 Å². The van der Waals surface area contributed by atoms with E-state index in [1.165, 1.54) is 5.56 Å². The number of nitrogens with one attached hydrogen (secondary N) is 2. The fraction of sp³-hybridized carbons (Fsp3) is 0.579. The maximum absolute atomic E-state index is 11.6. The number of nitrogens with zero attached hydrogens (tertiary/aromatic N) is 2. The number of carbonyl (C=O) groups excluding carboxylic acids is 1. The molecule has 0 radical (unpaired) electrons. The average molecular weight is 492 g/mol.